The van der Waals surface area contributed by atoms with Crippen LogP contribution in [-0.2, 0) is 5.41 Å². The van der Waals surface area contributed by atoms with Crippen molar-refractivity contribution >= 4 is 5.84 Å². The molecule has 0 aliphatic heterocycles. The van der Waals surface area contributed by atoms with Gasteiger partial charge in [-0.3, -0.25) is 0 Å². The zero-order chi connectivity index (χ0) is 15.5. The summed E-state index contributed by atoms with van der Waals surface area (Å²) in [5.41, 5.74) is 7.36. The minimum Gasteiger partial charge on any atom is -0.438 e. The number of benzene rings is 1. The highest BCUT2D eigenvalue weighted by atomic mass is 16.5. The summed E-state index contributed by atoms with van der Waals surface area (Å²) in [6.45, 7) is 6.45. The molecule has 0 fully saturated rings. The van der Waals surface area contributed by atoms with E-state index in [0.29, 0.717) is 17.2 Å². The molecule has 1 heterocycles. The van der Waals surface area contributed by atoms with E-state index in [4.69, 9.17) is 15.7 Å². The zero-order valence-corrected chi connectivity index (χ0v) is 12.4. The molecule has 0 radical (unpaired) electrons. The standard InChI is InChI=1S/C16H19N3O2/c1-16(2,3)11-6-8-12(9-7-11)21-15-13(14(17)19-20)5-4-10-18-15/h4-10,20H,1-3H3,(H2,17,19). The topological polar surface area (TPSA) is 80.7 Å². The third-order valence-corrected chi connectivity index (χ3v) is 3.09. The summed E-state index contributed by atoms with van der Waals surface area (Å²) < 4.78 is 5.72. The maximum absolute atomic E-state index is 8.78. The first-order valence-electron chi connectivity index (χ1n) is 6.63. The summed E-state index contributed by atoms with van der Waals surface area (Å²) in [5, 5.41) is 11.8. The number of pyridine rings is 1. The Bertz CT molecular complexity index is 643. The first kappa shape index (κ1) is 14.8. The number of rotatable bonds is 3. The fraction of sp³-hybridized carbons (Fsp3) is 0.250. The number of hydrogen-bond acceptors (Lipinski definition) is 4. The van der Waals surface area contributed by atoms with Crippen LogP contribution >= 0.6 is 0 Å². The van der Waals surface area contributed by atoms with E-state index in [0.717, 1.165) is 0 Å². The molecule has 0 saturated carbocycles. The molecule has 0 amide bonds. The van der Waals surface area contributed by atoms with Gasteiger partial charge < -0.3 is 15.7 Å². The Balaban J connectivity index is 2.27. The Kier molecular flexibility index (Phi) is 4.12. The van der Waals surface area contributed by atoms with Gasteiger partial charge in [0.15, 0.2) is 5.84 Å². The minimum absolute atomic E-state index is 0.0376. The molecule has 110 valence electrons. The first-order chi connectivity index (χ1) is 9.91. The van der Waals surface area contributed by atoms with Crippen LogP contribution < -0.4 is 10.5 Å². The lowest BCUT2D eigenvalue weighted by Crippen LogP contribution is -2.14. The van der Waals surface area contributed by atoms with Gasteiger partial charge in [-0.05, 0) is 35.2 Å². The fourth-order valence-corrected chi connectivity index (χ4v) is 1.86. The Labute approximate surface area is 124 Å². The number of ether oxygens (including phenoxy) is 1. The summed E-state index contributed by atoms with van der Waals surface area (Å²) in [5.74, 6) is 0.911. The van der Waals surface area contributed by atoms with Gasteiger partial charge in [0.05, 0.1) is 5.56 Å². The van der Waals surface area contributed by atoms with Crippen LogP contribution in [0.1, 0.15) is 31.9 Å². The summed E-state index contributed by atoms with van der Waals surface area (Å²) in [6, 6.07) is 11.2. The van der Waals surface area contributed by atoms with Crippen molar-refractivity contribution in [1.29, 1.82) is 0 Å². The van der Waals surface area contributed by atoms with Gasteiger partial charge in [-0.15, -0.1) is 0 Å². The van der Waals surface area contributed by atoms with Gasteiger partial charge >= 0.3 is 0 Å². The molecule has 0 bridgehead atoms. The second kappa shape index (κ2) is 5.83. The maximum Gasteiger partial charge on any atom is 0.230 e. The monoisotopic (exact) mass is 285 g/mol. The minimum atomic E-state index is -0.0376. The van der Waals surface area contributed by atoms with Crippen LogP contribution in [0.15, 0.2) is 47.8 Å². The lowest BCUT2D eigenvalue weighted by Gasteiger charge is -2.19. The van der Waals surface area contributed by atoms with Crippen LogP contribution in [-0.4, -0.2) is 16.0 Å². The average Bonchev–Trinajstić information content (AvgIpc) is 2.46. The van der Waals surface area contributed by atoms with Crippen molar-refractivity contribution in [3.63, 3.8) is 0 Å². The highest BCUT2D eigenvalue weighted by molar-refractivity contribution is 5.99. The van der Waals surface area contributed by atoms with E-state index in [9.17, 15) is 0 Å². The van der Waals surface area contributed by atoms with Crippen LogP contribution in [0.5, 0.6) is 11.6 Å². The van der Waals surface area contributed by atoms with Crippen molar-refractivity contribution < 1.29 is 9.94 Å². The second-order valence-corrected chi connectivity index (χ2v) is 5.72. The van der Waals surface area contributed by atoms with Crippen molar-refractivity contribution in [1.82, 2.24) is 4.98 Å². The molecule has 0 saturated heterocycles. The molecule has 1 aromatic carbocycles. The van der Waals surface area contributed by atoms with Crippen LogP contribution in [0.3, 0.4) is 0 Å². The molecule has 0 atom stereocenters. The lowest BCUT2D eigenvalue weighted by molar-refractivity contribution is 0.318. The van der Waals surface area contributed by atoms with E-state index in [-0.39, 0.29) is 11.3 Å². The predicted octanol–water partition coefficient (Wildman–Crippen LogP) is 3.27. The van der Waals surface area contributed by atoms with Crippen molar-refractivity contribution in [3.05, 3.63) is 53.7 Å². The molecule has 21 heavy (non-hydrogen) atoms. The van der Waals surface area contributed by atoms with Crippen molar-refractivity contribution in [3.8, 4) is 11.6 Å². The number of hydrogen-bond donors (Lipinski definition) is 2. The van der Waals surface area contributed by atoms with Gasteiger partial charge in [-0.1, -0.05) is 38.1 Å². The highest BCUT2D eigenvalue weighted by Gasteiger charge is 2.14. The molecular weight excluding hydrogens is 266 g/mol. The lowest BCUT2D eigenvalue weighted by atomic mass is 9.87. The molecule has 2 rings (SSSR count). The third kappa shape index (κ3) is 3.51. The second-order valence-electron chi connectivity index (χ2n) is 5.72. The van der Waals surface area contributed by atoms with Crippen LogP contribution in [0.2, 0.25) is 0 Å². The molecule has 0 spiro atoms. The van der Waals surface area contributed by atoms with Crippen molar-refractivity contribution in [2.24, 2.45) is 10.9 Å². The van der Waals surface area contributed by atoms with Crippen LogP contribution in [0, 0.1) is 0 Å². The highest BCUT2D eigenvalue weighted by Crippen LogP contribution is 2.27. The molecule has 3 N–H and O–H groups in total. The molecule has 0 aliphatic carbocycles. The smallest absolute Gasteiger partial charge is 0.230 e. The summed E-state index contributed by atoms with van der Waals surface area (Å²) in [7, 11) is 0. The average molecular weight is 285 g/mol. The maximum atomic E-state index is 8.78. The Morgan fingerprint density at radius 3 is 2.43 bits per heavy atom. The number of amidine groups is 1. The zero-order valence-electron chi connectivity index (χ0n) is 12.4. The summed E-state index contributed by atoms with van der Waals surface area (Å²) >= 11 is 0. The van der Waals surface area contributed by atoms with E-state index in [1.54, 1.807) is 18.3 Å². The molecule has 0 unspecified atom stereocenters. The summed E-state index contributed by atoms with van der Waals surface area (Å²) in [6.07, 6.45) is 1.59. The third-order valence-electron chi connectivity index (χ3n) is 3.09. The van der Waals surface area contributed by atoms with Gasteiger partial charge in [0, 0.05) is 6.20 Å². The Morgan fingerprint density at radius 1 is 1.19 bits per heavy atom. The Morgan fingerprint density at radius 2 is 1.86 bits per heavy atom. The number of nitrogens with zero attached hydrogens (tertiary/aromatic N) is 2. The Hall–Kier alpha value is -2.56. The van der Waals surface area contributed by atoms with Gasteiger partial charge in [0.25, 0.3) is 0 Å². The van der Waals surface area contributed by atoms with Gasteiger partial charge in [0.2, 0.25) is 5.88 Å². The molecule has 2 aromatic rings. The SMILES string of the molecule is CC(C)(C)c1ccc(Oc2ncccc2C(N)=NO)cc1. The van der Waals surface area contributed by atoms with Gasteiger partial charge in [0.1, 0.15) is 5.75 Å². The van der Waals surface area contributed by atoms with Crippen molar-refractivity contribution in [2.75, 3.05) is 0 Å². The molecule has 0 aliphatic rings. The predicted molar refractivity (Wildman–Crippen MR) is 82.0 cm³/mol. The van der Waals surface area contributed by atoms with Crippen LogP contribution in [0.25, 0.3) is 0 Å². The first-order valence-corrected chi connectivity index (χ1v) is 6.63. The number of oxime groups is 1. The largest absolute Gasteiger partial charge is 0.438 e. The quantitative estimate of drug-likeness (QED) is 0.392. The van der Waals surface area contributed by atoms with E-state index in [1.165, 1.54) is 5.56 Å². The van der Waals surface area contributed by atoms with Crippen molar-refractivity contribution in [2.45, 2.75) is 26.2 Å². The molecular formula is C16H19N3O2. The van der Waals surface area contributed by atoms with E-state index < -0.39 is 0 Å². The normalized spacial score (nSPS) is 12.2. The number of aromatic nitrogens is 1. The summed E-state index contributed by atoms with van der Waals surface area (Å²) in [4.78, 5) is 4.12. The fourth-order valence-electron chi connectivity index (χ4n) is 1.86. The molecule has 5 nitrogen and oxygen atoms in total. The number of nitrogens with two attached hydrogens (primary N) is 1. The molecule has 1 aromatic heterocycles. The van der Waals surface area contributed by atoms with E-state index in [2.05, 4.69) is 30.9 Å². The van der Waals surface area contributed by atoms with Crippen LogP contribution in [0.4, 0.5) is 0 Å². The van der Waals surface area contributed by atoms with Gasteiger partial charge in [-0.2, -0.15) is 0 Å². The molecule has 5 heteroatoms. The van der Waals surface area contributed by atoms with E-state index >= 15 is 0 Å². The van der Waals surface area contributed by atoms with E-state index in [1.807, 2.05) is 24.3 Å². The van der Waals surface area contributed by atoms with Gasteiger partial charge in [-0.25, -0.2) is 4.98 Å².